The molecule has 0 saturated heterocycles. The lowest BCUT2D eigenvalue weighted by molar-refractivity contribution is -0.111. The van der Waals surface area contributed by atoms with Gasteiger partial charge in [-0.15, -0.1) is 0 Å². The molecule has 0 bridgehead atoms. The molecule has 0 aliphatic heterocycles. The van der Waals surface area contributed by atoms with Crippen molar-refractivity contribution >= 4 is 35.2 Å². The number of carbonyl (C=O) groups excluding carboxylic acids is 2. The van der Waals surface area contributed by atoms with Crippen LogP contribution in [0.4, 0.5) is 5.69 Å². The van der Waals surface area contributed by atoms with Crippen LogP contribution in [0.2, 0.25) is 5.02 Å². The Morgan fingerprint density at radius 3 is 2.50 bits per heavy atom. The molecular formula is C17H14ClNO3. The minimum Gasteiger partial charge on any atom is -0.465 e. The smallest absolute Gasteiger partial charge is 0.339 e. The van der Waals surface area contributed by atoms with Gasteiger partial charge in [0.1, 0.15) is 0 Å². The number of nitrogens with one attached hydrogen (secondary N) is 1. The molecule has 2 aromatic rings. The molecular weight excluding hydrogens is 302 g/mol. The van der Waals surface area contributed by atoms with Gasteiger partial charge >= 0.3 is 5.97 Å². The van der Waals surface area contributed by atoms with Crippen molar-refractivity contribution in [3.63, 3.8) is 0 Å². The number of methoxy groups -OCH3 is 1. The second-order valence-electron chi connectivity index (χ2n) is 4.38. The minimum absolute atomic E-state index is 0.296. The monoisotopic (exact) mass is 315 g/mol. The van der Waals surface area contributed by atoms with Crippen LogP contribution in [-0.2, 0) is 9.53 Å². The largest absolute Gasteiger partial charge is 0.465 e. The molecule has 0 radical (unpaired) electrons. The predicted octanol–water partition coefficient (Wildman–Crippen LogP) is 3.78. The Hall–Kier alpha value is -2.59. The van der Waals surface area contributed by atoms with Crippen LogP contribution in [0, 0.1) is 0 Å². The fourth-order valence-electron chi connectivity index (χ4n) is 1.83. The van der Waals surface area contributed by atoms with Crippen LogP contribution in [0.15, 0.2) is 54.6 Å². The maximum Gasteiger partial charge on any atom is 0.339 e. The molecule has 2 aromatic carbocycles. The third-order valence-electron chi connectivity index (χ3n) is 2.91. The Balaban J connectivity index is 2.13. The molecule has 112 valence electrons. The number of amides is 1. The molecule has 4 nitrogen and oxygen atoms in total. The number of para-hydroxylation sites is 1. The van der Waals surface area contributed by atoms with Gasteiger partial charge in [0.05, 0.1) is 18.4 Å². The molecule has 1 amide bonds. The average Bonchev–Trinajstić information content (AvgIpc) is 2.54. The number of halogens is 1. The van der Waals surface area contributed by atoms with Gasteiger partial charge in [-0.2, -0.15) is 0 Å². The van der Waals surface area contributed by atoms with Gasteiger partial charge < -0.3 is 10.1 Å². The van der Waals surface area contributed by atoms with Crippen LogP contribution in [-0.4, -0.2) is 19.0 Å². The first kappa shape index (κ1) is 15.8. The van der Waals surface area contributed by atoms with Crippen molar-refractivity contribution in [2.24, 2.45) is 0 Å². The molecule has 2 rings (SSSR count). The van der Waals surface area contributed by atoms with Crippen LogP contribution >= 0.6 is 11.6 Å². The number of benzene rings is 2. The van der Waals surface area contributed by atoms with E-state index in [1.165, 1.54) is 13.2 Å². The lowest BCUT2D eigenvalue weighted by atomic mass is 10.1. The summed E-state index contributed by atoms with van der Waals surface area (Å²) in [5.74, 6) is -0.873. The summed E-state index contributed by atoms with van der Waals surface area (Å²) >= 11 is 6.01. The summed E-state index contributed by atoms with van der Waals surface area (Å²) in [5, 5.41) is 3.20. The topological polar surface area (TPSA) is 55.4 Å². The zero-order valence-electron chi connectivity index (χ0n) is 11.9. The maximum absolute atomic E-state index is 12.0. The quantitative estimate of drug-likeness (QED) is 0.690. The molecule has 1 N–H and O–H groups in total. The molecule has 0 heterocycles. The van der Waals surface area contributed by atoms with E-state index in [2.05, 4.69) is 10.1 Å². The van der Waals surface area contributed by atoms with Crippen LogP contribution in [0.3, 0.4) is 0 Å². The molecule has 0 aliphatic rings. The van der Waals surface area contributed by atoms with Crippen molar-refractivity contribution in [1.29, 1.82) is 0 Å². The SMILES string of the molecule is COC(=O)c1ccccc1NC(=O)/C=C/c1ccccc1Cl. The molecule has 0 unspecified atom stereocenters. The molecule has 0 spiro atoms. The second kappa shape index (κ2) is 7.43. The normalized spacial score (nSPS) is 10.5. The van der Waals surface area contributed by atoms with Crippen molar-refractivity contribution in [1.82, 2.24) is 0 Å². The van der Waals surface area contributed by atoms with E-state index in [0.29, 0.717) is 16.3 Å². The van der Waals surface area contributed by atoms with Gasteiger partial charge in [0.25, 0.3) is 0 Å². The third-order valence-corrected chi connectivity index (χ3v) is 3.25. The number of anilines is 1. The lowest BCUT2D eigenvalue weighted by Gasteiger charge is -2.07. The summed E-state index contributed by atoms with van der Waals surface area (Å²) in [7, 11) is 1.29. The first-order valence-corrected chi connectivity index (χ1v) is 6.90. The number of hydrogen-bond donors (Lipinski definition) is 1. The Morgan fingerprint density at radius 1 is 1.09 bits per heavy atom. The van der Waals surface area contributed by atoms with Crippen molar-refractivity contribution in [2.45, 2.75) is 0 Å². The Kier molecular flexibility index (Phi) is 5.33. The summed E-state index contributed by atoms with van der Waals surface area (Å²) in [6, 6.07) is 13.8. The highest BCUT2D eigenvalue weighted by Gasteiger charge is 2.11. The van der Waals surface area contributed by atoms with Gasteiger partial charge in [-0.1, -0.05) is 41.9 Å². The van der Waals surface area contributed by atoms with Gasteiger partial charge in [-0.05, 0) is 29.8 Å². The Morgan fingerprint density at radius 2 is 1.77 bits per heavy atom. The number of ether oxygens (including phenoxy) is 1. The van der Waals surface area contributed by atoms with Gasteiger partial charge in [0.15, 0.2) is 0 Å². The van der Waals surface area contributed by atoms with Crippen molar-refractivity contribution in [3.05, 3.63) is 70.8 Å². The zero-order chi connectivity index (χ0) is 15.9. The highest BCUT2D eigenvalue weighted by molar-refractivity contribution is 6.32. The van der Waals surface area contributed by atoms with Crippen molar-refractivity contribution in [2.75, 3.05) is 12.4 Å². The van der Waals surface area contributed by atoms with Crippen molar-refractivity contribution in [3.8, 4) is 0 Å². The molecule has 0 atom stereocenters. The van der Waals surface area contributed by atoms with Crippen LogP contribution in [0.25, 0.3) is 6.08 Å². The van der Waals surface area contributed by atoms with E-state index in [9.17, 15) is 9.59 Å². The van der Waals surface area contributed by atoms with E-state index in [1.807, 2.05) is 12.1 Å². The highest BCUT2D eigenvalue weighted by Crippen LogP contribution is 2.18. The summed E-state index contributed by atoms with van der Waals surface area (Å²) < 4.78 is 4.68. The molecule has 0 aliphatic carbocycles. The standard InChI is InChI=1S/C17H14ClNO3/c1-22-17(21)13-7-3-5-9-15(13)19-16(20)11-10-12-6-2-4-8-14(12)18/h2-11H,1H3,(H,19,20)/b11-10+. The first-order valence-electron chi connectivity index (χ1n) is 6.52. The van der Waals surface area contributed by atoms with Gasteiger partial charge in [0, 0.05) is 11.1 Å². The van der Waals surface area contributed by atoms with E-state index in [4.69, 9.17) is 11.6 Å². The molecule has 0 saturated carbocycles. The van der Waals surface area contributed by atoms with E-state index in [1.54, 1.807) is 42.5 Å². The predicted molar refractivity (Wildman–Crippen MR) is 86.9 cm³/mol. The van der Waals surface area contributed by atoms with Crippen LogP contribution < -0.4 is 5.32 Å². The van der Waals surface area contributed by atoms with Gasteiger partial charge in [-0.3, -0.25) is 4.79 Å². The van der Waals surface area contributed by atoms with E-state index >= 15 is 0 Å². The summed E-state index contributed by atoms with van der Waals surface area (Å²) in [6.45, 7) is 0. The fourth-order valence-corrected chi connectivity index (χ4v) is 2.03. The second-order valence-corrected chi connectivity index (χ2v) is 4.79. The number of esters is 1. The van der Waals surface area contributed by atoms with E-state index < -0.39 is 5.97 Å². The average molecular weight is 316 g/mol. The summed E-state index contributed by atoms with van der Waals surface area (Å²) in [6.07, 6.45) is 2.97. The summed E-state index contributed by atoms with van der Waals surface area (Å²) in [5.41, 5.74) is 1.42. The number of carbonyl (C=O) groups is 2. The van der Waals surface area contributed by atoms with Gasteiger partial charge in [-0.25, -0.2) is 4.79 Å². The summed E-state index contributed by atoms with van der Waals surface area (Å²) in [4.78, 5) is 23.6. The minimum atomic E-state index is -0.508. The van der Waals surface area contributed by atoms with Crippen LogP contribution in [0.5, 0.6) is 0 Å². The molecule has 0 fully saturated rings. The lowest BCUT2D eigenvalue weighted by Crippen LogP contribution is -2.12. The van der Waals surface area contributed by atoms with Crippen molar-refractivity contribution < 1.29 is 14.3 Å². The number of rotatable bonds is 4. The molecule has 22 heavy (non-hydrogen) atoms. The van der Waals surface area contributed by atoms with Gasteiger partial charge in [0.2, 0.25) is 5.91 Å². The Labute approximate surface area is 133 Å². The van der Waals surface area contributed by atoms with E-state index in [0.717, 1.165) is 5.56 Å². The van der Waals surface area contributed by atoms with E-state index in [-0.39, 0.29) is 5.91 Å². The zero-order valence-corrected chi connectivity index (χ0v) is 12.6. The highest BCUT2D eigenvalue weighted by atomic mass is 35.5. The Bertz CT molecular complexity index is 725. The molecule has 0 aromatic heterocycles. The first-order chi connectivity index (χ1) is 10.6. The van der Waals surface area contributed by atoms with Crippen LogP contribution in [0.1, 0.15) is 15.9 Å². The third kappa shape index (κ3) is 3.96. The maximum atomic E-state index is 12.0. The fraction of sp³-hybridized carbons (Fsp3) is 0.0588. The molecule has 5 heteroatoms. The number of hydrogen-bond acceptors (Lipinski definition) is 3.